The predicted octanol–water partition coefficient (Wildman–Crippen LogP) is 3.98. The second-order valence-electron chi connectivity index (χ2n) is 7.44. The van der Waals surface area contributed by atoms with Gasteiger partial charge in [0.15, 0.2) is 0 Å². The average Bonchev–Trinajstić information content (AvgIpc) is 2.72. The van der Waals surface area contributed by atoms with E-state index < -0.39 is 10.0 Å². The number of benzene rings is 2. The first-order valence-corrected chi connectivity index (χ1v) is 11.2. The molecule has 0 bridgehead atoms. The van der Waals surface area contributed by atoms with Crippen molar-refractivity contribution in [3.05, 3.63) is 60.2 Å². The highest BCUT2D eigenvalue weighted by Gasteiger charge is 2.34. The van der Waals surface area contributed by atoms with E-state index in [1.807, 2.05) is 37.3 Å². The fourth-order valence-electron chi connectivity index (χ4n) is 3.66. The Balaban J connectivity index is 1.88. The van der Waals surface area contributed by atoms with Gasteiger partial charge in [0.1, 0.15) is 0 Å². The first-order chi connectivity index (χ1) is 13.4. The van der Waals surface area contributed by atoms with E-state index in [1.54, 1.807) is 31.3 Å². The zero-order valence-corrected chi connectivity index (χ0v) is 17.4. The molecular weight excluding hydrogens is 372 g/mol. The molecule has 0 atom stereocenters. The van der Waals surface area contributed by atoms with Gasteiger partial charge in [-0.05, 0) is 44.0 Å². The molecule has 150 valence electrons. The molecule has 0 heterocycles. The van der Waals surface area contributed by atoms with Crippen molar-refractivity contribution in [2.75, 3.05) is 18.5 Å². The second-order valence-corrected chi connectivity index (χ2v) is 9.33. The van der Waals surface area contributed by atoms with Crippen molar-refractivity contribution < 1.29 is 13.2 Å². The maximum absolute atomic E-state index is 13.4. The third-order valence-electron chi connectivity index (χ3n) is 5.42. The van der Waals surface area contributed by atoms with Crippen LogP contribution in [0.3, 0.4) is 0 Å². The van der Waals surface area contributed by atoms with Gasteiger partial charge < -0.3 is 4.90 Å². The van der Waals surface area contributed by atoms with Gasteiger partial charge in [-0.3, -0.25) is 4.79 Å². The van der Waals surface area contributed by atoms with E-state index in [9.17, 15) is 13.2 Å². The fraction of sp³-hybridized carbons (Fsp3) is 0.409. The van der Waals surface area contributed by atoms with Crippen molar-refractivity contribution in [3.63, 3.8) is 0 Å². The Kier molecular flexibility index (Phi) is 6.52. The van der Waals surface area contributed by atoms with Gasteiger partial charge in [0.25, 0.3) is 0 Å². The van der Waals surface area contributed by atoms with Crippen molar-refractivity contribution in [2.45, 2.75) is 50.0 Å². The molecule has 0 aliphatic heterocycles. The molecule has 0 saturated heterocycles. The lowest BCUT2D eigenvalue weighted by Gasteiger charge is -2.34. The van der Waals surface area contributed by atoms with Crippen molar-refractivity contribution in [2.24, 2.45) is 0 Å². The summed E-state index contributed by atoms with van der Waals surface area (Å²) in [5.74, 6) is -0.229. The van der Waals surface area contributed by atoms with Gasteiger partial charge in [-0.2, -0.15) is 4.31 Å². The maximum atomic E-state index is 13.4. The van der Waals surface area contributed by atoms with Crippen LogP contribution in [0.25, 0.3) is 0 Å². The van der Waals surface area contributed by atoms with Crippen molar-refractivity contribution in [3.8, 4) is 0 Å². The van der Waals surface area contributed by atoms with Gasteiger partial charge in [-0.15, -0.1) is 0 Å². The van der Waals surface area contributed by atoms with Crippen LogP contribution in [0.5, 0.6) is 0 Å². The lowest BCUT2D eigenvalue weighted by Crippen LogP contribution is -2.47. The van der Waals surface area contributed by atoms with E-state index in [-0.39, 0.29) is 23.4 Å². The summed E-state index contributed by atoms with van der Waals surface area (Å²) in [6, 6.07) is 16.0. The third kappa shape index (κ3) is 4.62. The molecule has 2 aromatic rings. The van der Waals surface area contributed by atoms with Crippen LogP contribution in [-0.2, 0) is 14.8 Å². The van der Waals surface area contributed by atoms with Crippen molar-refractivity contribution in [1.82, 2.24) is 4.31 Å². The molecule has 3 rings (SSSR count). The number of aryl methyl sites for hydroxylation is 1. The average molecular weight is 401 g/mol. The smallest absolute Gasteiger partial charge is 0.243 e. The van der Waals surface area contributed by atoms with Gasteiger partial charge in [0, 0.05) is 18.8 Å². The summed E-state index contributed by atoms with van der Waals surface area (Å²) in [6.07, 6.45) is 4.70. The lowest BCUT2D eigenvalue weighted by molar-refractivity contribution is -0.119. The number of nitrogens with zero attached hydrogens (tertiary/aromatic N) is 2. The number of hydrogen-bond acceptors (Lipinski definition) is 3. The largest absolute Gasteiger partial charge is 0.314 e. The molecule has 6 heteroatoms. The van der Waals surface area contributed by atoms with E-state index >= 15 is 0 Å². The molecule has 0 unspecified atom stereocenters. The van der Waals surface area contributed by atoms with Crippen molar-refractivity contribution >= 4 is 21.6 Å². The lowest BCUT2D eigenvalue weighted by atomic mass is 9.95. The normalized spacial score (nSPS) is 15.5. The minimum absolute atomic E-state index is 0.131. The summed E-state index contributed by atoms with van der Waals surface area (Å²) in [5, 5.41) is 0. The summed E-state index contributed by atoms with van der Waals surface area (Å²) in [7, 11) is -2.05. The van der Waals surface area contributed by atoms with Gasteiger partial charge in [0.05, 0.1) is 11.4 Å². The minimum Gasteiger partial charge on any atom is -0.314 e. The quantitative estimate of drug-likeness (QED) is 0.737. The van der Waals surface area contributed by atoms with Crippen LogP contribution < -0.4 is 4.90 Å². The number of carbonyl (C=O) groups is 1. The summed E-state index contributed by atoms with van der Waals surface area (Å²) in [6.45, 7) is 1.78. The van der Waals surface area contributed by atoms with E-state index in [0.29, 0.717) is 0 Å². The fourth-order valence-corrected chi connectivity index (χ4v) is 5.29. The summed E-state index contributed by atoms with van der Waals surface area (Å²) in [5.41, 5.74) is 1.76. The number of likely N-dealkylation sites (N-methyl/N-ethyl adjacent to an activating group) is 1. The summed E-state index contributed by atoms with van der Waals surface area (Å²) >= 11 is 0. The second kappa shape index (κ2) is 8.88. The number of carbonyl (C=O) groups excluding carboxylic acids is 1. The molecule has 2 aromatic carbocycles. The number of rotatable bonds is 6. The molecule has 1 aliphatic carbocycles. The van der Waals surface area contributed by atoms with Crippen LogP contribution in [-0.4, -0.2) is 38.3 Å². The minimum atomic E-state index is -3.74. The number of sulfonamides is 1. The Bertz CT molecular complexity index is 889. The zero-order valence-electron chi connectivity index (χ0n) is 16.5. The molecule has 1 aliphatic rings. The molecule has 1 amide bonds. The predicted molar refractivity (Wildman–Crippen MR) is 112 cm³/mol. The molecule has 0 spiro atoms. The molecule has 28 heavy (non-hydrogen) atoms. The van der Waals surface area contributed by atoms with Crippen molar-refractivity contribution in [1.29, 1.82) is 0 Å². The highest BCUT2D eigenvalue weighted by molar-refractivity contribution is 7.89. The Morgan fingerprint density at radius 1 is 0.964 bits per heavy atom. The highest BCUT2D eigenvalue weighted by atomic mass is 32.2. The number of hydrogen-bond donors (Lipinski definition) is 0. The molecule has 0 aromatic heterocycles. The van der Waals surface area contributed by atoms with E-state index in [0.717, 1.165) is 43.4 Å². The van der Waals surface area contributed by atoms with Gasteiger partial charge in [0.2, 0.25) is 15.9 Å². The van der Waals surface area contributed by atoms with Crippen LogP contribution >= 0.6 is 0 Å². The van der Waals surface area contributed by atoms with E-state index in [2.05, 4.69) is 0 Å². The number of para-hydroxylation sites is 1. The molecule has 1 saturated carbocycles. The molecule has 0 radical (unpaired) electrons. The highest BCUT2D eigenvalue weighted by Crippen LogP contribution is 2.28. The SMILES string of the molecule is Cc1ccc(S(=O)(=O)N(CC(=O)N(C)c2ccccc2)C2CCCCC2)cc1. The monoisotopic (exact) mass is 400 g/mol. The molecule has 1 fully saturated rings. The van der Waals surface area contributed by atoms with E-state index in [4.69, 9.17) is 0 Å². The number of amides is 1. The topological polar surface area (TPSA) is 57.7 Å². The van der Waals surface area contributed by atoms with Crippen LogP contribution in [0.1, 0.15) is 37.7 Å². The van der Waals surface area contributed by atoms with Gasteiger partial charge in [-0.1, -0.05) is 55.2 Å². The molecule has 0 N–H and O–H groups in total. The Morgan fingerprint density at radius 3 is 2.18 bits per heavy atom. The van der Waals surface area contributed by atoms with Crippen LogP contribution in [0.4, 0.5) is 5.69 Å². The standard InChI is InChI=1S/C22H28N2O3S/c1-18-13-15-21(16-14-18)28(26,27)24(20-11-7-4-8-12-20)17-22(25)23(2)19-9-5-3-6-10-19/h3,5-6,9-10,13-16,20H,4,7-8,11-12,17H2,1-2H3. The van der Waals surface area contributed by atoms with Gasteiger partial charge in [-0.25, -0.2) is 8.42 Å². The first-order valence-electron chi connectivity index (χ1n) is 9.80. The summed E-state index contributed by atoms with van der Waals surface area (Å²) < 4.78 is 28.2. The van der Waals surface area contributed by atoms with Crippen LogP contribution in [0.2, 0.25) is 0 Å². The first kappa shape index (κ1) is 20.6. The maximum Gasteiger partial charge on any atom is 0.243 e. The Hall–Kier alpha value is -2.18. The van der Waals surface area contributed by atoms with Gasteiger partial charge >= 0.3 is 0 Å². The van der Waals surface area contributed by atoms with Crippen LogP contribution in [0.15, 0.2) is 59.5 Å². The summed E-state index contributed by atoms with van der Waals surface area (Å²) in [4.78, 5) is 14.7. The molecular formula is C22H28N2O3S. The van der Waals surface area contributed by atoms with E-state index in [1.165, 1.54) is 9.21 Å². The number of anilines is 1. The Morgan fingerprint density at radius 2 is 1.57 bits per heavy atom. The molecule has 5 nitrogen and oxygen atoms in total. The Labute approximate surface area is 168 Å². The van der Waals surface area contributed by atoms with Crippen LogP contribution in [0, 0.1) is 6.92 Å². The zero-order chi connectivity index (χ0) is 20.1. The third-order valence-corrected chi connectivity index (χ3v) is 7.33.